The molecule has 0 fully saturated rings. The van der Waals surface area contributed by atoms with E-state index in [2.05, 4.69) is 0 Å². The number of thioether (sulfide) groups is 1. The minimum absolute atomic E-state index is 0.0669. The van der Waals surface area contributed by atoms with Gasteiger partial charge in [-0.25, -0.2) is 26.4 Å². The molecule has 0 saturated heterocycles. The molecule has 102 valence electrons. The standard InChI is InChI=1S/C8H9ClFNO4S3/c9-17(12,13)4-3-16-8-2-1-6(5-7(8)10)18(11,14)15/h1-2,5H,3-4H2,(H2,11,14,15). The summed E-state index contributed by atoms with van der Waals surface area (Å²) < 4.78 is 56.7. The Kier molecular flexibility index (Phi) is 5.01. The maximum absolute atomic E-state index is 13.5. The molecule has 0 saturated carbocycles. The maximum atomic E-state index is 13.5. The van der Waals surface area contributed by atoms with Gasteiger partial charge in [-0.3, -0.25) is 0 Å². The van der Waals surface area contributed by atoms with Crippen LogP contribution >= 0.6 is 22.4 Å². The number of hydrogen-bond acceptors (Lipinski definition) is 5. The smallest absolute Gasteiger partial charge is 0.225 e. The van der Waals surface area contributed by atoms with Gasteiger partial charge >= 0.3 is 0 Å². The van der Waals surface area contributed by atoms with Crippen molar-refractivity contribution >= 4 is 41.5 Å². The number of sulfonamides is 1. The predicted molar refractivity (Wildman–Crippen MR) is 68.1 cm³/mol. The van der Waals surface area contributed by atoms with Crippen LogP contribution in [0, 0.1) is 5.82 Å². The SMILES string of the molecule is NS(=O)(=O)c1ccc(SCCS(=O)(=O)Cl)c(F)c1. The molecule has 0 aromatic heterocycles. The van der Waals surface area contributed by atoms with Crippen LogP contribution in [0.3, 0.4) is 0 Å². The molecule has 10 heteroatoms. The molecule has 5 nitrogen and oxygen atoms in total. The monoisotopic (exact) mass is 333 g/mol. The van der Waals surface area contributed by atoms with Gasteiger partial charge in [0, 0.05) is 21.3 Å². The third-order valence-electron chi connectivity index (χ3n) is 1.82. The highest BCUT2D eigenvalue weighted by molar-refractivity contribution is 8.14. The summed E-state index contributed by atoms with van der Waals surface area (Å²) in [6.45, 7) is 0. The van der Waals surface area contributed by atoms with Crippen LogP contribution in [0.4, 0.5) is 4.39 Å². The van der Waals surface area contributed by atoms with Crippen molar-refractivity contribution < 1.29 is 21.2 Å². The maximum Gasteiger partial charge on any atom is 0.238 e. The van der Waals surface area contributed by atoms with Gasteiger partial charge in [-0.1, -0.05) is 0 Å². The number of primary sulfonamides is 1. The Labute approximate surface area is 113 Å². The molecule has 0 atom stereocenters. The van der Waals surface area contributed by atoms with Gasteiger partial charge in [0.15, 0.2) is 0 Å². The van der Waals surface area contributed by atoms with E-state index in [0.717, 1.165) is 23.9 Å². The Morgan fingerprint density at radius 1 is 1.28 bits per heavy atom. The molecule has 0 bridgehead atoms. The quantitative estimate of drug-likeness (QED) is 0.644. The van der Waals surface area contributed by atoms with Gasteiger partial charge in [0.2, 0.25) is 19.1 Å². The lowest BCUT2D eigenvalue weighted by molar-refractivity contribution is 0.584. The largest absolute Gasteiger partial charge is 0.238 e. The molecule has 0 radical (unpaired) electrons. The van der Waals surface area contributed by atoms with Crippen molar-refractivity contribution in [3.8, 4) is 0 Å². The van der Waals surface area contributed by atoms with Crippen LogP contribution in [0.2, 0.25) is 0 Å². The molecule has 2 N–H and O–H groups in total. The van der Waals surface area contributed by atoms with E-state index in [1.54, 1.807) is 0 Å². The van der Waals surface area contributed by atoms with Gasteiger partial charge < -0.3 is 0 Å². The molecule has 0 aliphatic carbocycles. The zero-order valence-electron chi connectivity index (χ0n) is 8.84. The van der Waals surface area contributed by atoms with E-state index in [1.807, 2.05) is 0 Å². The first-order valence-corrected chi connectivity index (χ1v) is 9.48. The van der Waals surface area contributed by atoms with Gasteiger partial charge in [-0.05, 0) is 18.2 Å². The minimum atomic E-state index is -3.95. The highest BCUT2D eigenvalue weighted by Gasteiger charge is 2.12. The Balaban J connectivity index is 2.81. The zero-order chi connectivity index (χ0) is 14.0. The summed E-state index contributed by atoms with van der Waals surface area (Å²) in [6.07, 6.45) is 0. The fourth-order valence-corrected chi connectivity index (χ4v) is 3.83. The zero-order valence-corrected chi connectivity index (χ0v) is 12.0. The summed E-state index contributed by atoms with van der Waals surface area (Å²) in [5.74, 6) is -1.02. The summed E-state index contributed by atoms with van der Waals surface area (Å²) in [5, 5.41) is 4.83. The van der Waals surface area contributed by atoms with E-state index < -0.39 is 24.9 Å². The average Bonchev–Trinajstić information content (AvgIpc) is 2.17. The molecular weight excluding hydrogens is 325 g/mol. The molecule has 18 heavy (non-hydrogen) atoms. The fraction of sp³-hybridized carbons (Fsp3) is 0.250. The van der Waals surface area contributed by atoms with Gasteiger partial charge in [-0.15, -0.1) is 11.8 Å². The fourth-order valence-electron chi connectivity index (χ4n) is 1.03. The summed E-state index contributed by atoms with van der Waals surface area (Å²) in [5.41, 5.74) is 0. The second-order valence-corrected chi connectivity index (χ2v) is 8.82. The van der Waals surface area contributed by atoms with Crippen molar-refractivity contribution in [1.82, 2.24) is 0 Å². The second-order valence-electron chi connectivity index (χ2n) is 3.23. The number of halogens is 2. The van der Waals surface area contributed by atoms with Crippen LogP contribution in [0.25, 0.3) is 0 Å². The molecule has 0 aliphatic heterocycles. The molecular formula is C8H9ClFNO4S3. The van der Waals surface area contributed by atoms with Gasteiger partial charge in [0.25, 0.3) is 0 Å². The van der Waals surface area contributed by atoms with Crippen LogP contribution < -0.4 is 5.14 Å². The second kappa shape index (κ2) is 5.74. The van der Waals surface area contributed by atoms with Crippen molar-refractivity contribution in [2.45, 2.75) is 9.79 Å². The van der Waals surface area contributed by atoms with E-state index in [-0.39, 0.29) is 21.3 Å². The molecule has 0 amide bonds. The summed E-state index contributed by atoms with van der Waals surface area (Å²) in [4.78, 5) is -0.211. The molecule has 1 aromatic rings. The van der Waals surface area contributed by atoms with E-state index in [0.29, 0.717) is 0 Å². The Hall–Kier alpha value is -0.350. The Morgan fingerprint density at radius 3 is 2.33 bits per heavy atom. The molecule has 0 spiro atoms. The van der Waals surface area contributed by atoms with Crippen molar-refractivity contribution in [2.24, 2.45) is 5.14 Å². The van der Waals surface area contributed by atoms with Gasteiger partial charge in [-0.2, -0.15) is 0 Å². The molecule has 1 aromatic carbocycles. The number of hydrogen-bond donors (Lipinski definition) is 1. The highest BCUT2D eigenvalue weighted by Crippen LogP contribution is 2.24. The average molecular weight is 334 g/mol. The Bertz CT molecular complexity index is 644. The van der Waals surface area contributed by atoms with Crippen LogP contribution in [-0.4, -0.2) is 28.3 Å². The highest BCUT2D eigenvalue weighted by atomic mass is 35.7. The van der Waals surface area contributed by atoms with Gasteiger partial charge in [0.05, 0.1) is 10.6 Å². The van der Waals surface area contributed by atoms with Crippen LogP contribution in [-0.2, 0) is 19.1 Å². The van der Waals surface area contributed by atoms with Gasteiger partial charge in [0.1, 0.15) is 5.82 Å². The molecule has 0 aliphatic rings. The number of nitrogens with two attached hydrogens (primary N) is 1. The van der Waals surface area contributed by atoms with E-state index >= 15 is 0 Å². The van der Waals surface area contributed by atoms with Crippen molar-refractivity contribution in [3.05, 3.63) is 24.0 Å². The van der Waals surface area contributed by atoms with E-state index in [4.69, 9.17) is 15.8 Å². The molecule has 1 rings (SSSR count). The summed E-state index contributed by atoms with van der Waals surface area (Å²) >= 11 is 0.919. The Morgan fingerprint density at radius 2 is 1.89 bits per heavy atom. The third kappa shape index (κ3) is 5.11. The normalized spacial score (nSPS) is 12.6. The van der Waals surface area contributed by atoms with Crippen LogP contribution in [0.1, 0.15) is 0 Å². The topological polar surface area (TPSA) is 94.3 Å². The first-order chi connectivity index (χ1) is 8.09. The summed E-state index contributed by atoms with van der Waals surface area (Å²) in [7, 11) is -2.58. The van der Waals surface area contributed by atoms with E-state index in [9.17, 15) is 21.2 Å². The lowest BCUT2D eigenvalue weighted by atomic mass is 10.3. The predicted octanol–water partition coefficient (Wildman–Crippen LogP) is 1.13. The minimum Gasteiger partial charge on any atom is -0.225 e. The van der Waals surface area contributed by atoms with Crippen molar-refractivity contribution in [2.75, 3.05) is 11.5 Å². The molecule has 0 heterocycles. The first-order valence-electron chi connectivity index (χ1n) is 4.47. The van der Waals surface area contributed by atoms with Crippen LogP contribution in [0.15, 0.2) is 28.0 Å². The van der Waals surface area contributed by atoms with Crippen molar-refractivity contribution in [3.63, 3.8) is 0 Å². The lowest BCUT2D eigenvalue weighted by Crippen LogP contribution is -2.12. The number of benzene rings is 1. The van der Waals surface area contributed by atoms with E-state index in [1.165, 1.54) is 6.07 Å². The third-order valence-corrected chi connectivity index (χ3v) is 5.19. The lowest BCUT2D eigenvalue weighted by Gasteiger charge is -2.04. The van der Waals surface area contributed by atoms with Crippen LogP contribution in [0.5, 0.6) is 0 Å². The number of rotatable bonds is 5. The first kappa shape index (κ1) is 15.7. The summed E-state index contributed by atoms with van der Waals surface area (Å²) in [6, 6.07) is 3.16. The molecule has 0 unspecified atom stereocenters. The van der Waals surface area contributed by atoms with Crippen molar-refractivity contribution in [1.29, 1.82) is 0 Å².